The van der Waals surface area contributed by atoms with Gasteiger partial charge in [0.25, 0.3) is 0 Å². The Hall–Kier alpha value is -1.08. The Balaban J connectivity index is 1.91. The van der Waals surface area contributed by atoms with Crippen LogP contribution in [0.25, 0.3) is 0 Å². The van der Waals surface area contributed by atoms with E-state index in [9.17, 15) is 0 Å². The summed E-state index contributed by atoms with van der Waals surface area (Å²) < 4.78 is 0. The summed E-state index contributed by atoms with van der Waals surface area (Å²) in [5, 5.41) is 3.76. The van der Waals surface area contributed by atoms with Crippen molar-refractivity contribution in [2.45, 2.75) is 51.5 Å². The van der Waals surface area contributed by atoms with E-state index in [0.717, 1.165) is 12.5 Å². The van der Waals surface area contributed by atoms with Gasteiger partial charge in [0.15, 0.2) is 0 Å². The number of rotatable bonds is 3. The minimum atomic E-state index is 0.305. The fourth-order valence-corrected chi connectivity index (χ4v) is 3.75. The van der Waals surface area contributed by atoms with Crippen LogP contribution in [0.3, 0.4) is 0 Å². The van der Waals surface area contributed by atoms with Crippen molar-refractivity contribution in [1.29, 1.82) is 0 Å². The van der Waals surface area contributed by atoms with Crippen molar-refractivity contribution in [1.82, 2.24) is 5.32 Å². The molecule has 19 heavy (non-hydrogen) atoms. The molecule has 1 unspecified atom stereocenters. The van der Waals surface area contributed by atoms with Crippen molar-refractivity contribution >= 4 is 0 Å². The van der Waals surface area contributed by atoms with Gasteiger partial charge in [-0.2, -0.15) is 0 Å². The molecule has 0 radical (unpaired) electrons. The third-order valence-electron chi connectivity index (χ3n) is 5.41. The van der Waals surface area contributed by atoms with Crippen molar-refractivity contribution in [3.63, 3.8) is 0 Å². The Morgan fingerprint density at radius 3 is 2.79 bits per heavy atom. The lowest BCUT2D eigenvalue weighted by atomic mass is 9.70. The van der Waals surface area contributed by atoms with E-state index in [-0.39, 0.29) is 0 Å². The average Bonchev–Trinajstić information content (AvgIpc) is 2.70. The molecule has 102 valence electrons. The standard InChI is InChI=1S/C18H25N/c1-13-6-4-9-16(14(13)2)18(3)10-11-19-17(18)12-15-7-5-8-15/h4-7,9,15,17,19H,8,10-12H2,1-3H3/t15?,17-,18+/m0/s1. The molecule has 0 bridgehead atoms. The van der Waals surface area contributed by atoms with E-state index in [1.165, 1.54) is 30.4 Å². The highest BCUT2D eigenvalue weighted by Gasteiger charge is 2.41. The van der Waals surface area contributed by atoms with Crippen LogP contribution in [0.4, 0.5) is 0 Å². The van der Waals surface area contributed by atoms with E-state index >= 15 is 0 Å². The molecule has 1 heteroatoms. The maximum atomic E-state index is 3.76. The van der Waals surface area contributed by atoms with E-state index in [1.54, 1.807) is 5.56 Å². The molecule has 1 N–H and O–H groups in total. The van der Waals surface area contributed by atoms with Gasteiger partial charge in [0.1, 0.15) is 0 Å². The van der Waals surface area contributed by atoms with Crippen LogP contribution in [0, 0.1) is 19.8 Å². The highest BCUT2D eigenvalue weighted by molar-refractivity contribution is 5.40. The molecule has 0 aromatic heterocycles. The molecule has 2 aliphatic rings. The summed E-state index contributed by atoms with van der Waals surface area (Å²) >= 11 is 0. The first-order valence-electron chi connectivity index (χ1n) is 7.58. The predicted octanol–water partition coefficient (Wildman–Crippen LogP) is 3.89. The van der Waals surface area contributed by atoms with Gasteiger partial charge in [0.2, 0.25) is 0 Å². The molecule has 0 saturated carbocycles. The fraction of sp³-hybridized carbons (Fsp3) is 0.556. The molecule has 0 amide bonds. The molecule has 1 nitrogen and oxygen atoms in total. The summed E-state index contributed by atoms with van der Waals surface area (Å²) in [4.78, 5) is 0. The van der Waals surface area contributed by atoms with Crippen molar-refractivity contribution in [3.05, 3.63) is 47.0 Å². The van der Waals surface area contributed by atoms with Gasteiger partial charge in [-0.15, -0.1) is 0 Å². The van der Waals surface area contributed by atoms with Crippen molar-refractivity contribution < 1.29 is 0 Å². The highest BCUT2D eigenvalue weighted by atomic mass is 15.0. The second-order valence-corrected chi connectivity index (χ2v) is 6.58. The maximum Gasteiger partial charge on any atom is 0.0168 e. The summed E-state index contributed by atoms with van der Waals surface area (Å²) in [5.41, 5.74) is 4.78. The minimum absolute atomic E-state index is 0.305. The van der Waals surface area contributed by atoms with Crippen LogP contribution in [0.5, 0.6) is 0 Å². The quantitative estimate of drug-likeness (QED) is 0.808. The molecule has 1 saturated heterocycles. The maximum absolute atomic E-state index is 3.76. The van der Waals surface area contributed by atoms with Gasteiger partial charge in [-0.25, -0.2) is 0 Å². The first-order valence-corrected chi connectivity index (χ1v) is 7.58. The zero-order valence-electron chi connectivity index (χ0n) is 12.4. The molecule has 0 spiro atoms. The second kappa shape index (κ2) is 4.79. The Kier molecular flexibility index (Phi) is 3.26. The van der Waals surface area contributed by atoms with Crippen LogP contribution in [0.15, 0.2) is 30.4 Å². The topological polar surface area (TPSA) is 12.0 Å². The fourth-order valence-electron chi connectivity index (χ4n) is 3.75. The number of hydrogen-bond acceptors (Lipinski definition) is 1. The molecule has 1 aromatic rings. The van der Waals surface area contributed by atoms with E-state index < -0.39 is 0 Å². The van der Waals surface area contributed by atoms with Gasteiger partial charge >= 0.3 is 0 Å². The number of hydrogen-bond donors (Lipinski definition) is 1. The molecule has 3 rings (SSSR count). The summed E-state index contributed by atoms with van der Waals surface area (Å²) in [5.74, 6) is 0.806. The van der Waals surface area contributed by atoms with Crippen LogP contribution in [0.2, 0.25) is 0 Å². The number of benzene rings is 1. The van der Waals surface area contributed by atoms with Crippen molar-refractivity contribution in [3.8, 4) is 0 Å². The van der Waals surface area contributed by atoms with E-state index in [2.05, 4.69) is 56.4 Å². The highest BCUT2D eigenvalue weighted by Crippen LogP contribution is 2.41. The summed E-state index contributed by atoms with van der Waals surface area (Å²) in [6.07, 6.45) is 8.51. The van der Waals surface area contributed by atoms with Gasteiger partial charge in [0.05, 0.1) is 0 Å². The zero-order chi connectivity index (χ0) is 13.5. The number of allylic oxidation sites excluding steroid dienone is 2. The molecule has 1 aliphatic carbocycles. The smallest absolute Gasteiger partial charge is 0.0168 e. The van der Waals surface area contributed by atoms with E-state index in [0.29, 0.717) is 11.5 Å². The number of aryl methyl sites for hydroxylation is 1. The molecular formula is C18H25N. The van der Waals surface area contributed by atoms with Crippen LogP contribution >= 0.6 is 0 Å². The second-order valence-electron chi connectivity index (χ2n) is 6.58. The minimum Gasteiger partial charge on any atom is -0.313 e. The molecule has 1 aromatic carbocycles. The van der Waals surface area contributed by atoms with Crippen molar-refractivity contribution in [2.24, 2.45) is 5.92 Å². The predicted molar refractivity (Wildman–Crippen MR) is 81.5 cm³/mol. The SMILES string of the molecule is Cc1cccc([C@@]2(C)CCN[C@H]2CC2C=CC2)c1C. The Morgan fingerprint density at radius 2 is 2.11 bits per heavy atom. The Labute approximate surface area is 117 Å². The Morgan fingerprint density at radius 1 is 1.32 bits per heavy atom. The summed E-state index contributed by atoms with van der Waals surface area (Å²) in [7, 11) is 0. The first kappa shape index (κ1) is 12.9. The largest absolute Gasteiger partial charge is 0.313 e. The normalized spacial score (nSPS) is 33.4. The van der Waals surface area contributed by atoms with Gasteiger partial charge in [-0.1, -0.05) is 37.3 Å². The van der Waals surface area contributed by atoms with Crippen LogP contribution < -0.4 is 5.32 Å². The third kappa shape index (κ3) is 2.14. The zero-order valence-corrected chi connectivity index (χ0v) is 12.4. The third-order valence-corrected chi connectivity index (χ3v) is 5.41. The van der Waals surface area contributed by atoms with Gasteiger partial charge < -0.3 is 5.32 Å². The summed E-state index contributed by atoms with van der Waals surface area (Å²) in [6, 6.07) is 7.43. The lowest BCUT2D eigenvalue weighted by Crippen LogP contribution is -2.40. The van der Waals surface area contributed by atoms with Gasteiger partial charge in [0, 0.05) is 11.5 Å². The number of nitrogens with one attached hydrogen (secondary N) is 1. The molecule has 3 atom stereocenters. The molecule has 1 fully saturated rings. The average molecular weight is 255 g/mol. The van der Waals surface area contributed by atoms with Gasteiger partial charge in [-0.05, 0) is 62.3 Å². The molecule has 1 aliphatic heterocycles. The van der Waals surface area contributed by atoms with E-state index in [1.807, 2.05) is 0 Å². The van der Waals surface area contributed by atoms with E-state index in [4.69, 9.17) is 0 Å². The van der Waals surface area contributed by atoms with Crippen molar-refractivity contribution in [2.75, 3.05) is 6.54 Å². The first-order chi connectivity index (χ1) is 9.11. The lowest BCUT2D eigenvalue weighted by Gasteiger charge is -2.36. The van der Waals surface area contributed by atoms with Gasteiger partial charge in [-0.3, -0.25) is 0 Å². The lowest BCUT2D eigenvalue weighted by molar-refractivity contribution is 0.339. The van der Waals surface area contributed by atoms with Crippen LogP contribution in [-0.2, 0) is 5.41 Å². The molecular weight excluding hydrogens is 230 g/mol. The molecule has 1 heterocycles. The summed E-state index contributed by atoms with van der Waals surface area (Å²) in [6.45, 7) is 8.13. The van der Waals surface area contributed by atoms with Crippen LogP contribution in [0.1, 0.15) is 42.9 Å². The monoisotopic (exact) mass is 255 g/mol. The Bertz CT molecular complexity index is 502. The van der Waals surface area contributed by atoms with Crippen LogP contribution in [-0.4, -0.2) is 12.6 Å².